The van der Waals surface area contributed by atoms with Gasteiger partial charge < -0.3 is 10.4 Å². The van der Waals surface area contributed by atoms with Crippen LogP contribution in [0, 0.1) is 11.8 Å². The molecule has 14 heavy (non-hydrogen) atoms. The summed E-state index contributed by atoms with van der Waals surface area (Å²) in [6.07, 6.45) is 6.57. The molecule has 0 aliphatic heterocycles. The zero-order valence-corrected chi connectivity index (χ0v) is 8.19. The van der Waals surface area contributed by atoms with Crippen molar-refractivity contribution in [3.05, 3.63) is 0 Å². The van der Waals surface area contributed by atoms with Crippen molar-refractivity contribution in [3.63, 3.8) is 0 Å². The summed E-state index contributed by atoms with van der Waals surface area (Å²) >= 11 is 0. The van der Waals surface area contributed by atoms with Crippen LogP contribution in [-0.2, 0) is 0 Å². The predicted octanol–water partition coefficient (Wildman–Crippen LogP) is 2.25. The quantitative estimate of drug-likeness (QED) is 0.461. The zero-order valence-electron chi connectivity index (χ0n) is 8.19. The van der Waals surface area contributed by atoms with Gasteiger partial charge in [-0.15, -0.1) is 0 Å². The van der Waals surface area contributed by atoms with E-state index in [1.165, 1.54) is 25.7 Å². The standard InChI is InChI=1S/C10H16N2O2/c13-11-9-5-7-3-1-2-4-8(7)6-10(9)12-14/h7-8,13-14H,1-6H2. The van der Waals surface area contributed by atoms with E-state index in [0.29, 0.717) is 23.3 Å². The molecule has 0 spiro atoms. The largest absolute Gasteiger partial charge is 0.411 e. The summed E-state index contributed by atoms with van der Waals surface area (Å²) in [7, 11) is 0. The smallest absolute Gasteiger partial charge is 0.105 e. The van der Waals surface area contributed by atoms with E-state index in [1.807, 2.05) is 0 Å². The highest BCUT2D eigenvalue weighted by molar-refractivity contribution is 6.42. The van der Waals surface area contributed by atoms with Gasteiger partial charge in [-0.2, -0.15) is 0 Å². The van der Waals surface area contributed by atoms with Crippen molar-refractivity contribution in [1.82, 2.24) is 0 Å². The molecule has 0 aromatic rings. The van der Waals surface area contributed by atoms with Gasteiger partial charge >= 0.3 is 0 Å². The van der Waals surface area contributed by atoms with Gasteiger partial charge in [0.1, 0.15) is 11.4 Å². The maximum Gasteiger partial charge on any atom is 0.105 e. The minimum atomic E-state index is 0.579. The van der Waals surface area contributed by atoms with Crippen LogP contribution in [-0.4, -0.2) is 21.8 Å². The maximum absolute atomic E-state index is 8.78. The van der Waals surface area contributed by atoms with Crippen LogP contribution in [0.2, 0.25) is 0 Å². The maximum atomic E-state index is 8.78. The molecule has 2 fully saturated rings. The zero-order chi connectivity index (χ0) is 9.97. The van der Waals surface area contributed by atoms with Gasteiger partial charge in [0.25, 0.3) is 0 Å². The number of hydrogen-bond donors (Lipinski definition) is 2. The fraction of sp³-hybridized carbons (Fsp3) is 0.800. The SMILES string of the molecule is ON=C1CC2CCCCC2CC1=NO. The first-order valence-electron chi connectivity index (χ1n) is 5.27. The van der Waals surface area contributed by atoms with Gasteiger partial charge in [-0.05, 0) is 37.5 Å². The first kappa shape index (κ1) is 9.49. The third-order valence-corrected chi connectivity index (χ3v) is 3.55. The average molecular weight is 196 g/mol. The monoisotopic (exact) mass is 196 g/mol. The Hall–Kier alpha value is -1.06. The highest BCUT2D eigenvalue weighted by Crippen LogP contribution is 2.38. The van der Waals surface area contributed by atoms with Crippen LogP contribution < -0.4 is 0 Å². The number of hydrogen-bond acceptors (Lipinski definition) is 4. The topological polar surface area (TPSA) is 65.2 Å². The highest BCUT2D eigenvalue weighted by Gasteiger charge is 2.34. The van der Waals surface area contributed by atoms with Crippen LogP contribution in [0.25, 0.3) is 0 Å². The van der Waals surface area contributed by atoms with Crippen LogP contribution in [0.3, 0.4) is 0 Å². The van der Waals surface area contributed by atoms with E-state index in [1.54, 1.807) is 0 Å². The molecule has 0 bridgehead atoms. The van der Waals surface area contributed by atoms with E-state index in [0.717, 1.165) is 12.8 Å². The van der Waals surface area contributed by atoms with Crippen molar-refractivity contribution in [3.8, 4) is 0 Å². The van der Waals surface area contributed by atoms with Crippen LogP contribution in [0.15, 0.2) is 10.3 Å². The van der Waals surface area contributed by atoms with Crippen molar-refractivity contribution >= 4 is 11.4 Å². The van der Waals surface area contributed by atoms with Gasteiger partial charge in [0.05, 0.1) is 0 Å². The lowest BCUT2D eigenvalue weighted by atomic mass is 9.70. The first-order chi connectivity index (χ1) is 6.85. The molecule has 2 atom stereocenters. The summed E-state index contributed by atoms with van der Waals surface area (Å²) in [4.78, 5) is 0. The lowest BCUT2D eigenvalue weighted by Crippen LogP contribution is -2.34. The van der Waals surface area contributed by atoms with Crippen LogP contribution in [0.5, 0.6) is 0 Å². The van der Waals surface area contributed by atoms with Crippen molar-refractivity contribution in [2.24, 2.45) is 22.1 Å². The third kappa shape index (κ3) is 1.61. The number of rotatable bonds is 0. The molecule has 2 aliphatic carbocycles. The van der Waals surface area contributed by atoms with Crippen LogP contribution in [0.4, 0.5) is 0 Å². The third-order valence-electron chi connectivity index (χ3n) is 3.55. The molecule has 2 aliphatic rings. The van der Waals surface area contributed by atoms with E-state index in [2.05, 4.69) is 10.3 Å². The van der Waals surface area contributed by atoms with Gasteiger partial charge in [-0.25, -0.2) is 0 Å². The Morgan fingerprint density at radius 3 is 1.64 bits per heavy atom. The minimum Gasteiger partial charge on any atom is -0.411 e. The number of oxime groups is 2. The number of fused-ring (bicyclic) bond motifs is 1. The van der Waals surface area contributed by atoms with Crippen molar-refractivity contribution in [1.29, 1.82) is 0 Å². The van der Waals surface area contributed by atoms with Crippen LogP contribution in [0.1, 0.15) is 38.5 Å². The molecule has 2 rings (SSSR count). The Kier molecular flexibility index (Phi) is 2.70. The van der Waals surface area contributed by atoms with Crippen molar-refractivity contribution < 1.29 is 10.4 Å². The summed E-state index contributed by atoms with van der Waals surface area (Å²) < 4.78 is 0. The molecule has 0 heterocycles. The van der Waals surface area contributed by atoms with Gasteiger partial charge in [0.15, 0.2) is 0 Å². The molecule has 0 aromatic carbocycles. The Labute approximate surface area is 83.3 Å². The normalized spacial score (nSPS) is 38.6. The molecule has 0 radical (unpaired) electrons. The van der Waals surface area contributed by atoms with Gasteiger partial charge in [0.2, 0.25) is 0 Å². The molecular weight excluding hydrogens is 180 g/mol. The van der Waals surface area contributed by atoms with E-state index in [9.17, 15) is 0 Å². The Morgan fingerprint density at radius 2 is 1.29 bits per heavy atom. The lowest BCUT2D eigenvalue weighted by Gasteiger charge is -2.35. The van der Waals surface area contributed by atoms with E-state index >= 15 is 0 Å². The second-order valence-corrected chi connectivity index (χ2v) is 4.31. The lowest BCUT2D eigenvalue weighted by molar-refractivity contribution is 0.235. The fourth-order valence-corrected chi connectivity index (χ4v) is 2.75. The first-order valence-corrected chi connectivity index (χ1v) is 5.27. The summed E-state index contributed by atoms with van der Waals surface area (Å²) in [5.41, 5.74) is 1.16. The Morgan fingerprint density at radius 1 is 0.857 bits per heavy atom. The Bertz CT molecular complexity index is 245. The summed E-state index contributed by atoms with van der Waals surface area (Å²) in [6, 6.07) is 0. The van der Waals surface area contributed by atoms with Gasteiger partial charge in [-0.1, -0.05) is 23.2 Å². The molecular formula is C10H16N2O2. The molecule has 4 heteroatoms. The van der Waals surface area contributed by atoms with Crippen LogP contribution >= 0.6 is 0 Å². The van der Waals surface area contributed by atoms with Crippen molar-refractivity contribution in [2.75, 3.05) is 0 Å². The molecule has 2 N–H and O–H groups in total. The van der Waals surface area contributed by atoms with E-state index in [4.69, 9.17) is 10.4 Å². The molecule has 0 amide bonds. The second-order valence-electron chi connectivity index (χ2n) is 4.31. The second kappa shape index (κ2) is 3.98. The predicted molar refractivity (Wildman–Crippen MR) is 53.1 cm³/mol. The molecule has 0 saturated heterocycles. The summed E-state index contributed by atoms with van der Waals surface area (Å²) in [5, 5.41) is 24.0. The van der Waals surface area contributed by atoms with Gasteiger partial charge in [-0.3, -0.25) is 0 Å². The van der Waals surface area contributed by atoms with Crippen molar-refractivity contribution in [2.45, 2.75) is 38.5 Å². The van der Waals surface area contributed by atoms with E-state index < -0.39 is 0 Å². The molecule has 2 saturated carbocycles. The van der Waals surface area contributed by atoms with Gasteiger partial charge in [0, 0.05) is 0 Å². The molecule has 0 aromatic heterocycles. The van der Waals surface area contributed by atoms with E-state index in [-0.39, 0.29) is 0 Å². The molecule has 4 nitrogen and oxygen atoms in total. The Balaban J connectivity index is 2.14. The molecule has 2 unspecified atom stereocenters. The molecule has 78 valence electrons. The highest BCUT2D eigenvalue weighted by atomic mass is 16.4. The average Bonchev–Trinajstić information content (AvgIpc) is 2.27. The minimum absolute atomic E-state index is 0.579. The summed E-state index contributed by atoms with van der Waals surface area (Å²) in [5.74, 6) is 1.28. The summed E-state index contributed by atoms with van der Waals surface area (Å²) in [6.45, 7) is 0. The number of nitrogens with zero attached hydrogens (tertiary/aromatic N) is 2. The fourth-order valence-electron chi connectivity index (χ4n) is 2.75.